The van der Waals surface area contributed by atoms with Gasteiger partial charge in [0.2, 0.25) is 0 Å². The Labute approximate surface area is 170 Å². The van der Waals surface area contributed by atoms with Gasteiger partial charge in [-0.15, -0.1) is 0 Å². The fraction of sp³-hybridized carbons (Fsp3) is 0.538. The van der Waals surface area contributed by atoms with Crippen LogP contribution in [0.15, 0.2) is 54.6 Å². The SMILES string of the molecule is COc1cccc([C@]23CCCC[C@H]2CN(CCCCc2ccccc2)CC3)c1. The minimum atomic E-state index is 0.382. The molecule has 0 unspecified atom stereocenters. The van der Waals surface area contributed by atoms with Crippen molar-refractivity contribution in [3.8, 4) is 5.75 Å². The summed E-state index contributed by atoms with van der Waals surface area (Å²) in [7, 11) is 1.78. The summed E-state index contributed by atoms with van der Waals surface area (Å²) in [6.45, 7) is 3.79. The molecule has 0 N–H and O–H groups in total. The highest BCUT2D eigenvalue weighted by molar-refractivity contribution is 5.35. The molecule has 2 nitrogen and oxygen atoms in total. The first kappa shape index (κ1) is 19.5. The maximum absolute atomic E-state index is 5.53. The standard InChI is InChI=1S/C26H35NO/c1-28-25-15-9-14-23(20-25)26-16-7-5-13-24(26)21-27(19-17-26)18-8-6-12-22-10-3-2-4-11-22/h2-4,9-11,14-15,20,24H,5-8,12-13,16-19,21H2,1H3/t24-,26+/m0/s1. The van der Waals surface area contributed by atoms with Crippen molar-refractivity contribution in [3.63, 3.8) is 0 Å². The van der Waals surface area contributed by atoms with E-state index in [0.717, 1.165) is 11.7 Å². The molecule has 0 spiro atoms. The van der Waals surface area contributed by atoms with Crippen molar-refractivity contribution in [3.05, 3.63) is 65.7 Å². The van der Waals surface area contributed by atoms with E-state index in [4.69, 9.17) is 4.74 Å². The highest BCUT2D eigenvalue weighted by Crippen LogP contribution is 2.49. The number of ether oxygens (including phenoxy) is 1. The monoisotopic (exact) mass is 377 g/mol. The van der Waals surface area contributed by atoms with E-state index >= 15 is 0 Å². The largest absolute Gasteiger partial charge is 0.497 e. The Hall–Kier alpha value is -1.80. The van der Waals surface area contributed by atoms with Crippen LogP contribution in [-0.4, -0.2) is 31.6 Å². The van der Waals surface area contributed by atoms with Gasteiger partial charge in [0.1, 0.15) is 5.75 Å². The molecule has 28 heavy (non-hydrogen) atoms. The molecule has 0 bridgehead atoms. The van der Waals surface area contributed by atoms with E-state index in [0.29, 0.717) is 5.41 Å². The first-order valence-corrected chi connectivity index (χ1v) is 11.2. The van der Waals surface area contributed by atoms with Crippen LogP contribution in [0.3, 0.4) is 0 Å². The fourth-order valence-corrected chi connectivity index (χ4v) is 5.64. The van der Waals surface area contributed by atoms with E-state index in [1.807, 2.05) is 0 Å². The maximum atomic E-state index is 5.53. The molecule has 0 aromatic heterocycles. The summed E-state index contributed by atoms with van der Waals surface area (Å²) in [5.41, 5.74) is 3.39. The quantitative estimate of drug-likeness (QED) is 0.561. The van der Waals surface area contributed by atoms with Gasteiger partial charge in [0.25, 0.3) is 0 Å². The predicted molar refractivity (Wildman–Crippen MR) is 117 cm³/mol. The van der Waals surface area contributed by atoms with E-state index in [9.17, 15) is 0 Å². The van der Waals surface area contributed by atoms with E-state index in [1.54, 1.807) is 7.11 Å². The lowest BCUT2D eigenvalue weighted by Crippen LogP contribution is -2.51. The van der Waals surface area contributed by atoms with Gasteiger partial charge in [-0.3, -0.25) is 0 Å². The topological polar surface area (TPSA) is 12.5 Å². The van der Waals surface area contributed by atoms with Crippen molar-refractivity contribution < 1.29 is 4.74 Å². The molecule has 0 radical (unpaired) electrons. The van der Waals surface area contributed by atoms with Crippen molar-refractivity contribution in [2.75, 3.05) is 26.7 Å². The van der Waals surface area contributed by atoms with Gasteiger partial charge < -0.3 is 9.64 Å². The van der Waals surface area contributed by atoms with Crippen molar-refractivity contribution in [1.82, 2.24) is 4.90 Å². The first-order valence-electron chi connectivity index (χ1n) is 11.2. The molecule has 150 valence electrons. The van der Waals surface area contributed by atoms with Crippen LogP contribution in [0.1, 0.15) is 56.1 Å². The average molecular weight is 378 g/mol. The average Bonchev–Trinajstić information content (AvgIpc) is 2.77. The van der Waals surface area contributed by atoms with Gasteiger partial charge in [0, 0.05) is 12.0 Å². The Morgan fingerprint density at radius 2 is 1.89 bits per heavy atom. The molecule has 4 rings (SSSR count). The van der Waals surface area contributed by atoms with E-state index in [1.165, 1.54) is 82.1 Å². The van der Waals surface area contributed by atoms with Gasteiger partial charge in [0.05, 0.1) is 7.11 Å². The molecule has 2 fully saturated rings. The Morgan fingerprint density at radius 3 is 2.75 bits per heavy atom. The van der Waals surface area contributed by atoms with Crippen molar-refractivity contribution in [2.45, 2.75) is 56.8 Å². The zero-order chi connectivity index (χ0) is 19.2. The zero-order valence-electron chi connectivity index (χ0n) is 17.4. The number of rotatable bonds is 7. The summed E-state index contributed by atoms with van der Waals surface area (Å²) in [6, 6.07) is 19.9. The minimum absolute atomic E-state index is 0.382. The van der Waals surface area contributed by atoms with Crippen LogP contribution in [0.25, 0.3) is 0 Å². The van der Waals surface area contributed by atoms with Crippen LogP contribution in [0, 0.1) is 5.92 Å². The third-order valence-corrected chi connectivity index (χ3v) is 7.24. The lowest BCUT2D eigenvalue weighted by Gasteiger charge is -2.51. The highest BCUT2D eigenvalue weighted by atomic mass is 16.5. The van der Waals surface area contributed by atoms with Gasteiger partial charge >= 0.3 is 0 Å². The number of benzene rings is 2. The molecule has 1 aliphatic heterocycles. The van der Waals surface area contributed by atoms with Crippen LogP contribution in [0.4, 0.5) is 0 Å². The van der Waals surface area contributed by atoms with E-state index in [-0.39, 0.29) is 0 Å². The molecule has 2 atom stereocenters. The van der Waals surface area contributed by atoms with Crippen LogP contribution >= 0.6 is 0 Å². The Bertz CT molecular complexity index is 743. The number of hydrogen-bond donors (Lipinski definition) is 0. The third kappa shape index (κ3) is 4.27. The Morgan fingerprint density at radius 1 is 1.00 bits per heavy atom. The number of hydrogen-bond acceptors (Lipinski definition) is 2. The summed E-state index contributed by atoms with van der Waals surface area (Å²) in [4.78, 5) is 2.75. The van der Waals surface area contributed by atoms with Crippen LogP contribution in [0.5, 0.6) is 5.75 Å². The lowest BCUT2D eigenvalue weighted by atomic mass is 9.59. The molecule has 2 aromatic carbocycles. The molecule has 1 aliphatic carbocycles. The number of piperidine rings is 1. The van der Waals surface area contributed by atoms with E-state index in [2.05, 4.69) is 59.5 Å². The molecular formula is C26H35NO. The van der Waals surface area contributed by atoms with Gasteiger partial charge in [0.15, 0.2) is 0 Å². The number of likely N-dealkylation sites (tertiary alicyclic amines) is 1. The molecule has 2 heteroatoms. The van der Waals surface area contributed by atoms with Crippen molar-refractivity contribution in [1.29, 1.82) is 0 Å². The second-order valence-corrected chi connectivity index (χ2v) is 8.82. The number of methoxy groups -OCH3 is 1. The number of nitrogens with zero attached hydrogens (tertiary/aromatic N) is 1. The second kappa shape index (κ2) is 9.13. The summed E-state index contributed by atoms with van der Waals surface area (Å²) >= 11 is 0. The van der Waals surface area contributed by atoms with Crippen molar-refractivity contribution in [2.24, 2.45) is 5.92 Å². The normalized spacial score (nSPS) is 25.2. The summed E-state index contributed by atoms with van der Waals surface area (Å²) in [6.07, 6.45) is 10.7. The summed E-state index contributed by atoms with van der Waals surface area (Å²) < 4.78 is 5.53. The minimum Gasteiger partial charge on any atom is -0.497 e. The van der Waals surface area contributed by atoms with Gasteiger partial charge in [-0.25, -0.2) is 0 Å². The lowest BCUT2D eigenvalue weighted by molar-refractivity contribution is 0.0553. The zero-order valence-corrected chi connectivity index (χ0v) is 17.4. The number of fused-ring (bicyclic) bond motifs is 1. The van der Waals surface area contributed by atoms with Gasteiger partial charge in [-0.2, -0.15) is 0 Å². The highest BCUT2D eigenvalue weighted by Gasteiger charge is 2.45. The molecule has 1 saturated carbocycles. The summed E-state index contributed by atoms with van der Waals surface area (Å²) in [5, 5.41) is 0. The molecule has 2 aromatic rings. The third-order valence-electron chi connectivity index (χ3n) is 7.24. The first-order chi connectivity index (χ1) is 13.8. The van der Waals surface area contributed by atoms with Gasteiger partial charge in [-0.05, 0) is 80.8 Å². The molecule has 0 amide bonds. The van der Waals surface area contributed by atoms with Crippen molar-refractivity contribution >= 4 is 0 Å². The van der Waals surface area contributed by atoms with Crippen LogP contribution < -0.4 is 4.74 Å². The molecule has 1 saturated heterocycles. The number of unbranched alkanes of at least 4 members (excludes halogenated alkanes) is 1. The molecule has 2 aliphatic rings. The summed E-state index contributed by atoms with van der Waals surface area (Å²) in [5.74, 6) is 1.82. The second-order valence-electron chi connectivity index (χ2n) is 8.82. The Balaban J connectivity index is 1.35. The molecule has 1 heterocycles. The smallest absolute Gasteiger partial charge is 0.119 e. The predicted octanol–water partition coefficient (Wildman–Crippen LogP) is 5.85. The molecular weight excluding hydrogens is 342 g/mol. The fourth-order valence-electron chi connectivity index (χ4n) is 5.64. The number of aryl methyl sites for hydroxylation is 1. The Kier molecular flexibility index (Phi) is 6.36. The maximum Gasteiger partial charge on any atom is 0.119 e. The van der Waals surface area contributed by atoms with Crippen LogP contribution in [-0.2, 0) is 11.8 Å². The van der Waals surface area contributed by atoms with Crippen LogP contribution in [0.2, 0.25) is 0 Å². The van der Waals surface area contributed by atoms with E-state index < -0.39 is 0 Å². The van der Waals surface area contributed by atoms with Gasteiger partial charge in [-0.1, -0.05) is 55.3 Å².